The number of nitrogens with one attached hydrogen (secondary N) is 2. The minimum absolute atomic E-state index is 0.494. The zero-order chi connectivity index (χ0) is 7.40. The Kier molecular flexibility index (Phi) is 3.12. The molecule has 0 aromatic rings. The summed E-state index contributed by atoms with van der Waals surface area (Å²) in [4.78, 5) is 0. The predicted octanol–water partition coefficient (Wildman–Crippen LogP) is -0.417. The van der Waals surface area contributed by atoms with Crippen molar-refractivity contribution in [3.63, 3.8) is 0 Å². The van der Waals surface area contributed by atoms with Crippen molar-refractivity contribution in [2.75, 3.05) is 26.8 Å². The second-order valence-corrected chi connectivity index (χ2v) is 2.88. The van der Waals surface area contributed by atoms with Gasteiger partial charge in [-0.1, -0.05) is 0 Å². The molecule has 1 rings (SSSR count). The molecule has 0 saturated carbocycles. The van der Waals surface area contributed by atoms with Crippen molar-refractivity contribution in [2.24, 2.45) is 0 Å². The van der Waals surface area contributed by atoms with Gasteiger partial charge in [0.15, 0.2) is 0 Å². The maximum Gasteiger partial charge on any atom is 0.0628 e. The van der Waals surface area contributed by atoms with Gasteiger partial charge in [0.1, 0.15) is 0 Å². The van der Waals surface area contributed by atoms with E-state index in [0.717, 1.165) is 19.7 Å². The van der Waals surface area contributed by atoms with Gasteiger partial charge in [0.25, 0.3) is 0 Å². The van der Waals surface area contributed by atoms with Crippen LogP contribution in [0, 0.1) is 0 Å². The fourth-order valence-corrected chi connectivity index (χ4v) is 1.30. The van der Waals surface area contributed by atoms with Crippen LogP contribution in [0.2, 0.25) is 0 Å². The summed E-state index contributed by atoms with van der Waals surface area (Å²) in [7, 11) is 1.74. The van der Waals surface area contributed by atoms with E-state index in [0.29, 0.717) is 12.1 Å². The molecule has 0 spiro atoms. The average Bonchev–Trinajstić information content (AvgIpc) is 1.88. The molecule has 0 unspecified atom stereocenters. The van der Waals surface area contributed by atoms with E-state index < -0.39 is 0 Å². The third-order valence-corrected chi connectivity index (χ3v) is 1.73. The van der Waals surface area contributed by atoms with Gasteiger partial charge in [0.2, 0.25) is 0 Å². The molecule has 10 heavy (non-hydrogen) atoms. The molecule has 0 aromatic heterocycles. The lowest BCUT2D eigenvalue weighted by Gasteiger charge is -2.28. The van der Waals surface area contributed by atoms with E-state index >= 15 is 0 Å². The second-order valence-electron chi connectivity index (χ2n) is 2.88. The van der Waals surface area contributed by atoms with Crippen molar-refractivity contribution < 1.29 is 4.74 Å². The molecule has 1 aliphatic heterocycles. The van der Waals surface area contributed by atoms with Gasteiger partial charge in [0.05, 0.1) is 6.61 Å². The molecular formula is C7H16N2O. The molecule has 1 aliphatic rings. The maximum absolute atomic E-state index is 5.03. The predicted molar refractivity (Wildman–Crippen MR) is 41.1 cm³/mol. The molecule has 2 N–H and O–H groups in total. The van der Waals surface area contributed by atoms with Gasteiger partial charge in [-0.25, -0.2) is 0 Å². The number of piperazine rings is 1. The third-order valence-electron chi connectivity index (χ3n) is 1.73. The molecule has 2 atom stereocenters. The molecule has 0 aliphatic carbocycles. The summed E-state index contributed by atoms with van der Waals surface area (Å²) < 4.78 is 5.03. The highest BCUT2D eigenvalue weighted by atomic mass is 16.5. The van der Waals surface area contributed by atoms with Crippen LogP contribution in [0.3, 0.4) is 0 Å². The lowest BCUT2D eigenvalue weighted by Crippen LogP contribution is -2.55. The molecule has 60 valence electrons. The molecule has 0 bridgehead atoms. The van der Waals surface area contributed by atoms with Crippen LogP contribution in [0.1, 0.15) is 6.92 Å². The van der Waals surface area contributed by atoms with E-state index in [1.165, 1.54) is 0 Å². The number of hydrogen-bond donors (Lipinski definition) is 2. The van der Waals surface area contributed by atoms with Crippen molar-refractivity contribution >= 4 is 0 Å². The third kappa shape index (κ3) is 2.25. The van der Waals surface area contributed by atoms with Crippen LogP contribution < -0.4 is 10.6 Å². The summed E-state index contributed by atoms with van der Waals surface area (Å²) in [6.07, 6.45) is 0. The number of methoxy groups -OCH3 is 1. The minimum atomic E-state index is 0.494. The zero-order valence-electron chi connectivity index (χ0n) is 6.68. The van der Waals surface area contributed by atoms with Crippen LogP contribution in [0.25, 0.3) is 0 Å². The summed E-state index contributed by atoms with van der Waals surface area (Å²) >= 11 is 0. The molecule has 1 fully saturated rings. The van der Waals surface area contributed by atoms with Crippen molar-refractivity contribution in [2.45, 2.75) is 19.0 Å². The van der Waals surface area contributed by atoms with Gasteiger partial charge in [-0.3, -0.25) is 0 Å². The Morgan fingerprint density at radius 3 is 2.90 bits per heavy atom. The molecule has 3 heteroatoms. The molecular weight excluding hydrogens is 128 g/mol. The van der Waals surface area contributed by atoms with Gasteiger partial charge in [0, 0.05) is 32.3 Å². The van der Waals surface area contributed by atoms with Gasteiger partial charge in [-0.15, -0.1) is 0 Å². The monoisotopic (exact) mass is 144 g/mol. The van der Waals surface area contributed by atoms with Crippen LogP contribution >= 0.6 is 0 Å². The maximum atomic E-state index is 5.03. The standard InChI is InChI=1S/C7H16N2O/c1-6-3-8-4-7(9-6)5-10-2/h6-9H,3-5H2,1-2H3/t6-,7-/m1/s1. The Hall–Kier alpha value is -0.120. The lowest BCUT2D eigenvalue weighted by molar-refractivity contribution is 0.150. The van der Waals surface area contributed by atoms with Gasteiger partial charge in [-0.2, -0.15) is 0 Å². The normalized spacial score (nSPS) is 34.2. The topological polar surface area (TPSA) is 33.3 Å². The van der Waals surface area contributed by atoms with Gasteiger partial charge >= 0.3 is 0 Å². The van der Waals surface area contributed by atoms with E-state index in [-0.39, 0.29) is 0 Å². The van der Waals surface area contributed by atoms with E-state index in [1.807, 2.05) is 0 Å². The van der Waals surface area contributed by atoms with Crippen LogP contribution in [0.4, 0.5) is 0 Å². The van der Waals surface area contributed by atoms with Crippen LogP contribution in [0.15, 0.2) is 0 Å². The van der Waals surface area contributed by atoms with E-state index in [2.05, 4.69) is 17.6 Å². The fourth-order valence-electron chi connectivity index (χ4n) is 1.30. The smallest absolute Gasteiger partial charge is 0.0628 e. The first-order valence-corrected chi connectivity index (χ1v) is 3.78. The van der Waals surface area contributed by atoms with E-state index in [9.17, 15) is 0 Å². The Bertz CT molecular complexity index is 95.6. The van der Waals surface area contributed by atoms with Crippen molar-refractivity contribution in [1.29, 1.82) is 0 Å². The van der Waals surface area contributed by atoms with Gasteiger partial charge in [-0.05, 0) is 6.92 Å². The summed E-state index contributed by atoms with van der Waals surface area (Å²) in [6, 6.07) is 1.07. The summed E-state index contributed by atoms with van der Waals surface area (Å²) in [5.41, 5.74) is 0. The average molecular weight is 144 g/mol. The van der Waals surface area contributed by atoms with Crippen LogP contribution in [-0.4, -0.2) is 38.9 Å². The highest BCUT2D eigenvalue weighted by Crippen LogP contribution is 1.92. The van der Waals surface area contributed by atoms with E-state index in [4.69, 9.17) is 4.74 Å². The summed E-state index contributed by atoms with van der Waals surface area (Å²) in [5, 5.41) is 6.76. The summed E-state index contributed by atoms with van der Waals surface area (Å²) in [5.74, 6) is 0. The fraction of sp³-hybridized carbons (Fsp3) is 1.00. The van der Waals surface area contributed by atoms with Crippen molar-refractivity contribution in [3.8, 4) is 0 Å². The Balaban J connectivity index is 2.18. The SMILES string of the molecule is COC[C@H]1CNC[C@@H](C)N1. The van der Waals surface area contributed by atoms with Crippen LogP contribution in [-0.2, 0) is 4.74 Å². The Labute approximate surface area is 62.1 Å². The number of rotatable bonds is 2. The minimum Gasteiger partial charge on any atom is -0.383 e. The molecule has 1 heterocycles. The van der Waals surface area contributed by atoms with Crippen molar-refractivity contribution in [3.05, 3.63) is 0 Å². The Morgan fingerprint density at radius 1 is 1.50 bits per heavy atom. The first-order valence-electron chi connectivity index (χ1n) is 3.78. The summed E-state index contributed by atoms with van der Waals surface area (Å²) in [6.45, 7) is 5.07. The van der Waals surface area contributed by atoms with Crippen LogP contribution in [0.5, 0.6) is 0 Å². The lowest BCUT2D eigenvalue weighted by atomic mass is 10.2. The molecule has 0 aromatic carbocycles. The second kappa shape index (κ2) is 3.91. The molecule has 0 amide bonds. The number of hydrogen-bond acceptors (Lipinski definition) is 3. The first kappa shape index (κ1) is 7.98. The Morgan fingerprint density at radius 2 is 2.30 bits per heavy atom. The highest BCUT2D eigenvalue weighted by molar-refractivity contribution is 4.80. The largest absolute Gasteiger partial charge is 0.383 e. The van der Waals surface area contributed by atoms with Gasteiger partial charge < -0.3 is 15.4 Å². The van der Waals surface area contributed by atoms with Crippen molar-refractivity contribution in [1.82, 2.24) is 10.6 Å². The molecule has 1 saturated heterocycles. The zero-order valence-corrected chi connectivity index (χ0v) is 6.68. The van der Waals surface area contributed by atoms with E-state index in [1.54, 1.807) is 7.11 Å². The quantitative estimate of drug-likeness (QED) is 0.552. The highest BCUT2D eigenvalue weighted by Gasteiger charge is 2.15. The molecule has 0 radical (unpaired) electrons. The first-order chi connectivity index (χ1) is 4.83. The molecule has 3 nitrogen and oxygen atoms in total. The number of ether oxygens (including phenoxy) is 1.